The van der Waals surface area contributed by atoms with E-state index in [0.29, 0.717) is 6.04 Å². The van der Waals surface area contributed by atoms with E-state index in [0.717, 1.165) is 6.42 Å². The molecule has 112 valence electrons. The predicted octanol–water partition coefficient (Wildman–Crippen LogP) is 3.64. The van der Waals surface area contributed by atoms with Crippen molar-refractivity contribution in [1.82, 2.24) is 4.90 Å². The molecule has 0 saturated carbocycles. The van der Waals surface area contributed by atoms with Gasteiger partial charge in [-0.3, -0.25) is 4.90 Å². The minimum atomic E-state index is 0.0715. The van der Waals surface area contributed by atoms with Gasteiger partial charge in [-0.1, -0.05) is 60.7 Å². The summed E-state index contributed by atoms with van der Waals surface area (Å²) in [5.74, 6) is 0. The van der Waals surface area contributed by atoms with Crippen molar-refractivity contribution in [3.8, 4) is 0 Å². The van der Waals surface area contributed by atoms with E-state index in [1.54, 1.807) is 0 Å². The highest BCUT2D eigenvalue weighted by molar-refractivity contribution is 5.23. The van der Waals surface area contributed by atoms with Gasteiger partial charge in [-0.15, -0.1) is 0 Å². The maximum atomic E-state index is 6.58. The topological polar surface area (TPSA) is 29.3 Å². The zero-order chi connectivity index (χ0) is 15.2. The lowest BCUT2D eigenvalue weighted by Crippen LogP contribution is -2.43. The number of rotatable bonds is 6. The molecule has 0 aliphatic rings. The molecule has 0 spiro atoms. The van der Waals surface area contributed by atoms with Crippen molar-refractivity contribution in [1.29, 1.82) is 0 Å². The largest absolute Gasteiger partial charge is 0.326 e. The summed E-state index contributed by atoms with van der Waals surface area (Å²) in [4.78, 5) is 2.36. The highest BCUT2D eigenvalue weighted by atomic mass is 15.2. The van der Waals surface area contributed by atoms with Crippen molar-refractivity contribution in [2.24, 2.45) is 5.73 Å². The molecule has 2 unspecified atom stereocenters. The molecule has 21 heavy (non-hydrogen) atoms. The first kappa shape index (κ1) is 15.7. The van der Waals surface area contributed by atoms with Crippen LogP contribution in [0, 0.1) is 0 Å². The van der Waals surface area contributed by atoms with Gasteiger partial charge in [0.15, 0.2) is 0 Å². The molecular formula is C19H26N2. The number of nitrogens with zero attached hydrogens (tertiary/aromatic N) is 1. The maximum absolute atomic E-state index is 6.58. The van der Waals surface area contributed by atoms with E-state index in [-0.39, 0.29) is 12.1 Å². The van der Waals surface area contributed by atoms with Crippen LogP contribution in [0.5, 0.6) is 0 Å². The second-order valence-corrected chi connectivity index (χ2v) is 5.97. The first-order chi connectivity index (χ1) is 10.1. The third kappa shape index (κ3) is 4.16. The third-order valence-electron chi connectivity index (χ3n) is 4.11. The van der Waals surface area contributed by atoms with Gasteiger partial charge in [-0.25, -0.2) is 0 Å². The Morgan fingerprint density at radius 1 is 0.905 bits per heavy atom. The van der Waals surface area contributed by atoms with Crippen molar-refractivity contribution < 1.29 is 0 Å². The maximum Gasteiger partial charge on any atom is 0.0502 e. The molecule has 2 heteroatoms. The van der Waals surface area contributed by atoms with E-state index >= 15 is 0 Å². The van der Waals surface area contributed by atoms with Crippen molar-refractivity contribution in [2.75, 3.05) is 7.05 Å². The molecule has 0 bridgehead atoms. The van der Waals surface area contributed by atoms with Crippen LogP contribution in [0.25, 0.3) is 0 Å². The number of hydrogen-bond acceptors (Lipinski definition) is 2. The van der Waals surface area contributed by atoms with E-state index in [2.05, 4.69) is 80.4 Å². The van der Waals surface area contributed by atoms with Gasteiger partial charge < -0.3 is 5.73 Å². The second kappa shape index (κ2) is 7.39. The van der Waals surface area contributed by atoms with Crippen LogP contribution in [0.1, 0.15) is 31.0 Å². The van der Waals surface area contributed by atoms with Crippen molar-refractivity contribution in [3.63, 3.8) is 0 Å². The zero-order valence-corrected chi connectivity index (χ0v) is 13.2. The lowest BCUT2D eigenvalue weighted by Gasteiger charge is -2.36. The van der Waals surface area contributed by atoms with Crippen LogP contribution in [-0.2, 0) is 6.42 Å². The number of likely N-dealkylation sites (N-methyl/N-ethyl adjacent to an activating group) is 1. The second-order valence-electron chi connectivity index (χ2n) is 5.97. The van der Waals surface area contributed by atoms with E-state index in [1.165, 1.54) is 11.1 Å². The normalized spacial score (nSPS) is 14.4. The molecule has 0 aliphatic carbocycles. The quantitative estimate of drug-likeness (QED) is 0.876. The monoisotopic (exact) mass is 282 g/mol. The number of hydrogen-bond donors (Lipinski definition) is 1. The minimum absolute atomic E-state index is 0.0715. The average molecular weight is 282 g/mol. The molecule has 0 fully saturated rings. The van der Waals surface area contributed by atoms with Crippen LogP contribution in [0.4, 0.5) is 0 Å². The smallest absolute Gasteiger partial charge is 0.0502 e. The van der Waals surface area contributed by atoms with Crippen LogP contribution >= 0.6 is 0 Å². The Morgan fingerprint density at radius 3 is 1.95 bits per heavy atom. The van der Waals surface area contributed by atoms with Gasteiger partial charge in [-0.2, -0.15) is 0 Å². The minimum Gasteiger partial charge on any atom is -0.326 e. The fourth-order valence-electron chi connectivity index (χ4n) is 2.75. The molecule has 2 aromatic rings. The lowest BCUT2D eigenvalue weighted by molar-refractivity contribution is 0.170. The summed E-state index contributed by atoms with van der Waals surface area (Å²) >= 11 is 0. The van der Waals surface area contributed by atoms with Crippen LogP contribution < -0.4 is 5.73 Å². The number of nitrogens with two attached hydrogens (primary N) is 1. The Balaban J connectivity index is 2.23. The highest BCUT2D eigenvalue weighted by Gasteiger charge is 2.25. The summed E-state index contributed by atoms with van der Waals surface area (Å²) in [7, 11) is 2.16. The molecule has 2 aromatic carbocycles. The summed E-state index contributed by atoms with van der Waals surface area (Å²) in [6.07, 6.45) is 0.886. The Labute approximate surface area is 128 Å². The summed E-state index contributed by atoms with van der Waals surface area (Å²) in [5.41, 5.74) is 9.16. The molecule has 0 amide bonds. The van der Waals surface area contributed by atoms with E-state index in [9.17, 15) is 0 Å². The molecule has 2 N–H and O–H groups in total. The first-order valence-corrected chi connectivity index (χ1v) is 7.66. The standard InChI is InChI=1S/C19H26N2/c1-15(2)21(3)19(17-12-8-5-9-13-17)18(20)14-16-10-6-4-7-11-16/h4-13,15,18-19H,14,20H2,1-3H3. The van der Waals surface area contributed by atoms with Crippen LogP contribution in [0.2, 0.25) is 0 Å². The van der Waals surface area contributed by atoms with Crippen LogP contribution in [0.3, 0.4) is 0 Å². The molecule has 0 aliphatic heterocycles. The van der Waals surface area contributed by atoms with Gasteiger partial charge in [0.2, 0.25) is 0 Å². The van der Waals surface area contributed by atoms with Crippen molar-refractivity contribution in [3.05, 3.63) is 71.8 Å². The number of benzene rings is 2. The summed E-state index contributed by atoms with van der Waals surface area (Å²) in [6, 6.07) is 21.8. The summed E-state index contributed by atoms with van der Waals surface area (Å²) < 4.78 is 0. The Bertz CT molecular complexity index is 522. The lowest BCUT2D eigenvalue weighted by atomic mass is 9.92. The molecular weight excluding hydrogens is 256 g/mol. The molecule has 0 heterocycles. The van der Waals surface area contributed by atoms with E-state index < -0.39 is 0 Å². The van der Waals surface area contributed by atoms with Crippen molar-refractivity contribution >= 4 is 0 Å². The molecule has 0 radical (unpaired) electrons. The van der Waals surface area contributed by atoms with Crippen LogP contribution in [0.15, 0.2) is 60.7 Å². The molecule has 0 aromatic heterocycles. The SMILES string of the molecule is CC(C)N(C)C(c1ccccc1)C(N)Cc1ccccc1. The fourth-order valence-corrected chi connectivity index (χ4v) is 2.75. The first-order valence-electron chi connectivity index (χ1n) is 7.66. The molecule has 0 saturated heterocycles. The van der Waals surface area contributed by atoms with Gasteiger partial charge in [0.25, 0.3) is 0 Å². The Hall–Kier alpha value is -1.64. The van der Waals surface area contributed by atoms with Gasteiger partial charge in [0.05, 0.1) is 6.04 Å². The van der Waals surface area contributed by atoms with E-state index in [4.69, 9.17) is 5.73 Å². The average Bonchev–Trinajstić information content (AvgIpc) is 2.49. The van der Waals surface area contributed by atoms with Gasteiger partial charge >= 0.3 is 0 Å². The zero-order valence-electron chi connectivity index (χ0n) is 13.2. The molecule has 2 nitrogen and oxygen atoms in total. The van der Waals surface area contributed by atoms with Gasteiger partial charge in [0, 0.05) is 12.1 Å². The van der Waals surface area contributed by atoms with Crippen molar-refractivity contribution in [2.45, 2.75) is 38.4 Å². The Morgan fingerprint density at radius 2 is 1.43 bits per heavy atom. The summed E-state index contributed by atoms with van der Waals surface area (Å²) in [5, 5.41) is 0. The van der Waals surface area contributed by atoms with E-state index in [1.807, 2.05) is 6.07 Å². The molecule has 2 rings (SSSR count). The summed E-state index contributed by atoms with van der Waals surface area (Å²) in [6.45, 7) is 4.43. The van der Waals surface area contributed by atoms with Crippen LogP contribution in [-0.4, -0.2) is 24.0 Å². The highest BCUT2D eigenvalue weighted by Crippen LogP contribution is 2.25. The van der Waals surface area contributed by atoms with Gasteiger partial charge in [0.1, 0.15) is 0 Å². The predicted molar refractivity (Wildman–Crippen MR) is 90.2 cm³/mol. The fraction of sp³-hybridized carbons (Fsp3) is 0.368. The Kier molecular flexibility index (Phi) is 5.54. The third-order valence-corrected chi connectivity index (χ3v) is 4.11. The van der Waals surface area contributed by atoms with Gasteiger partial charge in [-0.05, 0) is 38.4 Å². The molecule has 2 atom stereocenters.